The molecule has 0 aliphatic heterocycles. The highest BCUT2D eigenvalue weighted by molar-refractivity contribution is 7.89. The Morgan fingerprint density at radius 2 is 1.69 bits per heavy atom. The Labute approximate surface area is 206 Å². The summed E-state index contributed by atoms with van der Waals surface area (Å²) in [6.45, 7) is 7.79. The molecule has 1 aromatic heterocycles. The predicted octanol–water partition coefficient (Wildman–Crippen LogP) is 3.30. The molecule has 0 aliphatic carbocycles. The lowest BCUT2D eigenvalue weighted by Crippen LogP contribution is -2.47. The minimum atomic E-state index is -3.72. The summed E-state index contributed by atoms with van der Waals surface area (Å²) >= 11 is 0. The molecule has 186 valence electrons. The van der Waals surface area contributed by atoms with Crippen LogP contribution in [-0.4, -0.2) is 53.4 Å². The Morgan fingerprint density at radius 1 is 1.00 bits per heavy atom. The van der Waals surface area contributed by atoms with E-state index in [2.05, 4.69) is 15.7 Å². The second-order valence-corrected chi connectivity index (χ2v) is 10.2. The van der Waals surface area contributed by atoms with Crippen molar-refractivity contribution in [2.75, 3.05) is 18.4 Å². The van der Waals surface area contributed by atoms with E-state index in [1.165, 1.54) is 28.6 Å². The number of sulfonamides is 1. The number of benzene rings is 2. The van der Waals surface area contributed by atoms with Gasteiger partial charge in [0.05, 0.1) is 10.6 Å². The number of nitrogens with one attached hydrogen (secondary N) is 2. The van der Waals surface area contributed by atoms with Crippen molar-refractivity contribution >= 4 is 27.7 Å². The van der Waals surface area contributed by atoms with Gasteiger partial charge in [-0.2, -0.15) is 9.40 Å². The first kappa shape index (κ1) is 26.1. The molecule has 2 N–H and O–H groups in total. The molecule has 3 rings (SSSR count). The molecular formula is C25H31N5O4S. The van der Waals surface area contributed by atoms with Crippen LogP contribution in [0.5, 0.6) is 0 Å². The zero-order valence-electron chi connectivity index (χ0n) is 20.3. The molecule has 0 fully saturated rings. The lowest BCUT2D eigenvalue weighted by Gasteiger charge is -2.22. The fourth-order valence-corrected chi connectivity index (χ4v) is 5.09. The van der Waals surface area contributed by atoms with Gasteiger partial charge in [-0.15, -0.1) is 0 Å². The molecule has 2 amide bonds. The van der Waals surface area contributed by atoms with Crippen molar-refractivity contribution < 1.29 is 18.0 Å². The molecule has 0 unspecified atom stereocenters. The summed E-state index contributed by atoms with van der Waals surface area (Å²) in [7, 11) is -3.72. The van der Waals surface area contributed by atoms with Gasteiger partial charge in [-0.05, 0) is 36.2 Å². The van der Waals surface area contributed by atoms with E-state index in [0.29, 0.717) is 18.9 Å². The van der Waals surface area contributed by atoms with Crippen LogP contribution in [0.2, 0.25) is 0 Å². The number of rotatable bonds is 10. The number of carbonyl (C=O) groups is 2. The van der Waals surface area contributed by atoms with E-state index in [1.54, 1.807) is 30.8 Å². The minimum absolute atomic E-state index is 0.0332. The van der Waals surface area contributed by atoms with Gasteiger partial charge in [0.2, 0.25) is 15.9 Å². The molecule has 0 saturated heterocycles. The predicted molar refractivity (Wildman–Crippen MR) is 135 cm³/mol. The summed E-state index contributed by atoms with van der Waals surface area (Å²) in [4.78, 5) is 26.0. The van der Waals surface area contributed by atoms with Crippen LogP contribution in [0, 0.1) is 5.92 Å². The number of nitrogens with zero attached hydrogens (tertiary/aromatic N) is 3. The number of hydrogen-bond acceptors (Lipinski definition) is 5. The van der Waals surface area contributed by atoms with Gasteiger partial charge in [0, 0.05) is 30.9 Å². The van der Waals surface area contributed by atoms with Crippen LogP contribution >= 0.6 is 0 Å². The summed E-state index contributed by atoms with van der Waals surface area (Å²) in [6, 6.07) is 16.1. The van der Waals surface area contributed by atoms with E-state index in [1.807, 2.05) is 44.2 Å². The SMILES string of the molecule is CCN(CC)S(=O)(=O)c1cccc(C(=O)N[C@H](C(=O)Nc2ccn(-c3ccccc3)n2)C(C)C)c1. The van der Waals surface area contributed by atoms with Crippen molar-refractivity contribution in [2.24, 2.45) is 5.92 Å². The van der Waals surface area contributed by atoms with Crippen molar-refractivity contribution in [3.8, 4) is 5.69 Å². The summed E-state index contributed by atoms with van der Waals surface area (Å²) in [5.41, 5.74) is 1.01. The van der Waals surface area contributed by atoms with Gasteiger partial charge in [0.25, 0.3) is 5.91 Å². The summed E-state index contributed by atoms with van der Waals surface area (Å²) in [6.07, 6.45) is 1.73. The Hall–Kier alpha value is -3.50. The molecule has 35 heavy (non-hydrogen) atoms. The van der Waals surface area contributed by atoms with Crippen molar-refractivity contribution in [3.05, 3.63) is 72.4 Å². The molecule has 2 aromatic carbocycles. The normalized spacial score (nSPS) is 12.5. The molecule has 0 saturated carbocycles. The van der Waals surface area contributed by atoms with E-state index < -0.39 is 27.9 Å². The summed E-state index contributed by atoms with van der Waals surface area (Å²) in [5.74, 6) is -0.826. The Morgan fingerprint density at radius 3 is 2.31 bits per heavy atom. The third-order valence-electron chi connectivity index (χ3n) is 5.54. The molecule has 0 bridgehead atoms. The van der Waals surface area contributed by atoms with Crippen molar-refractivity contribution in [3.63, 3.8) is 0 Å². The van der Waals surface area contributed by atoms with Crippen LogP contribution in [0.15, 0.2) is 71.8 Å². The van der Waals surface area contributed by atoms with E-state index in [9.17, 15) is 18.0 Å². The van der Waals surface area contributed by atoms with Gasteiger partial charge < -0.3 is 10.6 Å². The van der Waals surface area contributed by atoms with Crippen LogP contribution in [-0.2, 0) is 14.8 Å². The molecule has 1 atom stereocenters. The number of aromatic nitrogens is 2. The first-order valence-electron chi connectivity index (χ1n) is 11.5. The van der Waals surface area contributed by atoms with E-state index in [0.717, 1.165) is 5.69 Å². The maximum absolute atomic E-state index is 13.0. The Balaban J connectivity index is 1.75. The van der Waals surface area contributed by atoms with Crippen LogP contribution in [0.3, 0.4) is 0 Å². The van der Waals surface area contributed by atoms with Crippen molar-refractivity contribution in [1.82, 2.24) is 19.4 Å². The molecular weight excluding hydrogens is 466 g/mol. The lowest BCUT2D eigenvalue weighted by molar-refractivity contribution is -0.118. The van der Waals surface area contributed by atoms with Gasteiger partial charge >= 0.3 is 0 Å². The highest BCUT2D eigenvalue weighted by atomic mass is 32.2. The summed E-state index contributed by atoms with van der Waals surface area (Å²) < 4.78 is 28.6. The fraction of sp³-hybridized carbons (Fsp3) is 0.320. The smallest absolute Gasteiger partial charge is 0.251 e. The fourth-order valence-electron chi connectivity index (χ4n) is 3.59. The number of hydrogen-bond donors (Lipinski definition) is 2. The van der Waals surface area contributed by atoms with Gasteiger partial charge in [0.1, 0.15) is 6.04 Å². The zero-order chi connectivity index (χ0) is 25.6. The van der Waals surface area contributed by atoms with Gasteiger partial charge in [-0.1, -0.05) is 52.0 Å². The standard InChI is InChI=1S/C25H31N5O4S/c1-5-29(6-2)35(33,34)21-14-10-11-19(17-21)24(31)27-23(18(3)4)25(32)26-22-15-16-30(28-22)20-12-8-7-9-13-20/h7-18,23H,5-6H2,1-4H3,(H,27,31)(H,26,28,32)/t23-/m0/s1. The average Bonchev–Trinajstić information content (AvgIpc) is 3.31. The first-order chi connectivity index (χ1) is 16.7. The van der Waals surface area contributed by atoms with Crippen LogP contribution < -0.4 is 10.6 Å². The molecule has 1 heterocycles. The van der Waals surface area contributed by atoms with E-state index >= 15 is 0 Å². The molecule has 3 aromatic rings. The second-order valence-electron chi connectivity index (χ2n) is 8.28. The highest BCUT2D eigenvalue weighted by Crippen LogP contribution is 2.18. The topological polar surface area (TPSA) is 113 Å². The molecule has 0 aliphatic rings. The highest BCUT2D eigenvalue weighted by Gasteiger charge is 2.27. The maximum Gasteiger partial charge on any atom is 0.251 e. The number of carbonyl (C=O) groups excluding carboxylic acids is 2. The van der Waals surface area contributed by atoms with Crippen LogP contribution in [0.25, 0.3) is 5.69 Å². The zero-order valence-corrected chi connectivity index (χ0v) is 21.1. The van der Waals surface area contributed by atoms with Crippen molar-refractivity contribution in [2.45, 2.75) is 38.6 Å². The third kappa shape index (κ3) is 6.14. The average molecular weight is 498 g/mol. The summed E-state index contributed by atoms with van der Waals surface area (Å²) in [5, 5.41) is 9.85. The number of para-hydroxylation sites is 1. The molecule has 10 heteroatoms. The quantitative estimate of drug-likeness (QED) is 0.446. The lowest BCUT2D eigenvalue weighted by atomic mass is 10.0. The molecule has 0 radical (unpaired) electrons. The van der Waals surface area contributed by atoms with E-state index in [4.69, 9.17) is 0 Å². The largest absolute Gasteiger partial charge is 0.340 e. The third-order valence-corrected chi connectivity index (χ3v) is 7.58. The first-order valence-corrected chi connectivity index (χ1v) is 12.9. The van der Waals surface area contributed by atoms with Crippen molar-refractivity contribution in [1.29, 1.82) is 0 Å². The maximum atomic E-state index is 13.0. The van der Waals surface area contributed by atoms with Gasteiger partial charge in [-0.25, -0.2) is 13.1 Å². The monoisotopic (exact) mass is 497 g/mol. The van der Waals surface area contributed by atoms with Crippen LogP contribution in [0.4, 0.5) is 5.82 Å². The Kier molecular flexibility index (Phi) is 8.42. The van der Waals surface area contributed by atoms with Gasteiger partial charge in [0.15, 0.2) is 5.82 Å². The number of amides is 2. The van der Waals surface area contributed by atoms with Crippen LogP contribution in [0.1, 0.15) is 38.1 Å². The second kappa shape index (κ2) is 11.3. The minimum Gasteiger partial charge on any atom is -0.340 e. The molecule has 0 spiro atoms. The number of anilines is 1. The molecule has 9 nitrogen and oxygen atoms in total. The van der Waals surface area contributed by atoms with E-state index in [-0.39, 0.29) is 16.4 Å². The Bertz CT molecular complexity index is 1270. The van der Waals surface area contributed by atoms with Gasteiger partial charge in [-0.3, -0.25) is 9.59 Å².